The van der Waals surface area contributed by atoms with E-state index in [1.807, 2.05) is 42.9 Å². The lowest BCUT2D eigenvalue weighted by Gasteiger charge is -2.13. The van der Waals surface area contributed by atoms with Gasteiger partial charge in [0.15, 0.2) is 0 Å². The van der Waals surface area contributed by atoms with Gasteiger partial charge in [0.2, 0.25) is 0 Å². The van der Waals surface area contributed by atoms with E-state index < -0.39 is 0 Å². The van der Waals surface area contributed by atoms with Crippen molar-refractivity contribution in [2.24, 2.45) is 0 Å². The molecule has 90 valence electrons. The summed E-state index contributed by atoms with van der Waals surface area (Å²) < 4.78 is 1.81. The molecular weight excluding hydrogens is 234 g/mol. The van der Waals surface area contributed by atoms with Crippen molar-refractivity contribution in [1.29, 1.82) is 0 Å². The number of nitrogens with one attached hydrogen (secondary N) is 1. The average Bonchev–Trinajstić information content (AvgIpc) is 2.89. The molecule has 2 aromatic heterocycles. The summed E-state index contributed by atoms with van der Waals surface area (Å²) in [5.41, 5.74) is 0. The minimum Gasteiger partial charge on any atom is -0.347 e. The molecule has 1 atom stereocenters. The van der Waals surface area contributed by atoms with Gasteiger partial charge in [-0.2, -0.15) is 5.10 Å². The lowest BCUT2D eigenvalue weighted by molar-refractivity contribution is 0.0940. The molecule has 0 aliphatic heterocycles. The van der Waals surface area contributed by atoms with Crippen molar-refractivity contribution in [3.8, 4) is 0 Å². The Kier molecular flexibility index (Phi) is 3.58. The number of carbonyl (C=O) groups is 1. The summed E-state index contributed by atoms with van der Waals surface area (Å²) in [5, 5.41) is 7.07. The molecule has 0 aliphatic carbocycles. The minimum atomic E-state index is -0.0113. The van der Waals surface area contributed by atoms with Crippen LogP contribution in [0.25, 0.3) is 0 Å². The molecular formula is C12H15N3OS. The van der Waals surface area contributed by atoms with Gasteiger partial charge < -0.3 is 5.32 Å². The minimum absolute atomic E-state index is 0.0113. The lowest BCUT2D eigenvalue weighted by atomic mass is 10.3. The Morgan fingerprint density at radius 2 is 2.41 bits per heavy atom. The predicted molar refractivity (Wildman–Crippen MR) is 68.2 cm³/mol. The Hall–Kier alpha value is -1.62. The molecule has 1 amide bonds. The van der Waals surface area contributed by atoms with E-state index in [-0.39, 0.29) is 11.9 Å². The fraction of sp³-hybridized carbons (Fsp3) is 0.333. The third-order valence-electron chi connectivity index (χ3n) is 2.36. The molecule has 2 rings (SSSR count). The fourth-order valence-electron chi connectivity index (χ4n) is 1.59. The molecule has 0 spiro atoms. The van der Waals surface area contributed by atoms with Gasteiger partial charge in [-0.3, -0.25) is 9.48 Å². The highest BCUT2D eigenvalue weighted by atomic mass is 32.1. The smallest absolute Gasteiger partial charge is 0.261 e. The van der Waals surface area contributed by atoms with E-state index in [1.54, 1.807) is 6.20 Å². The van der Waals surface area contributed by atoms with Crippen LogP contribution in [-0.4, -0.2) is 21.7 Å². The first-order valence-electron chi connectivity index (χ1n) is 5.50. The van der Waals surface area contributed by atoms with Crippen LogP contribution in [0, 0.1) is 6.92 Å². The number of nitrogens with zero attached hydrogens (tertiary/aromatic N) is 2. The molecule has 0 bridgehead atoms. The Balaban J connectivity index is 1.90. The van der Waals surface area contributed by atoms with Crippen molar-refractivity contribution >= 4 is 17.2 Å². The van der Waals surface area contributed by atoms with Crippen LogP contribution < -0.4 is 5.32 Å². The van der Waals surface area contributed by atoms with E-state index in [4.69, 9.17) is 0 Å². The quantitative estimate of drug-likeness (QED) is 0.901. The summed E-state index contributed by atoms with van der Waals surface area (Å²) in [6.45, 7) is 4.65. The molecule has 0 saturated carbocycles. The summed E-state index contributed by atoms with van der Waals surface area (Å²) in [7, 11) is 0. The summed E-state index contributed by atoms with van der Waals surface area (Å²) in [6.07, 6.45) is 3.62. The van der Waals surface area contributed by atoms with Crippen LogP contribution in [-0.2, 0) is 6.54 Å². The first kappa shape index (κ1) is 11.9. The van der Waals surface area contributed by atoms with E-state index in [1.165, 1.54) is 11.3 Å². The second-order valence-electron chi connectivity index (χ2n) is 4.01. The fourth-order valence-corrected chi connectivity index (χ4v) is 2.36. The Morgan fingerprint density at radius 1 is 1.59 bits per heavy atom. The normalized spacial score (nSPS) is 12.4. The lowest BCUT2D eigenvalue weighted by Crippen LogP contribution is -2.35. The third-order valence-corrected chi connectivity index (χ3v) is 3.36. The molecule has 0 aliphatic rings. The van der Waals surface area contributed by atoms with Crippen molar-refractivity contribution in [2.75, 3.05) is 0 Å². The number of hydrogen-bond acceptors (Lipinski definition) is 3. The first-order chi connectivity index (χ1) is 8.15. The maximum absolute atomic E-state index is 11.9. The number of amides is 1. The zero-order chi connectivity index (χ0) is 12.3. The van der Waals surface area contributed by atoms with Crippen LogP contribution in [0.15, 0.2) is 30.6 Å². The van der Waals surface area contributed by atoms with Crippen molar-refractivity contribution < 1.29 is 4.79 Å². The monoisotopic (exact) mass is 249 g/mol. The Morgan fingerprint density at radius 3 is 3.00 bits per heavy atom. The summed E-state index contributed by atoms with van der Waals surface area (Å²) in [6, 6.07) is 5.75. The summed E-state index contributed by atoms with van der Waals surface area (Å²) >= 11 is 1.51. The molecule has 17 heavy (non-hydrogen) atoms. The molecule has 2 aromatic rings. The standard InChI is InChI=1S/C12H15N3OS/c1-9(8-15-7-3-6-13-15)14-12(16)11-5-4-10(2)17-11/h3-7,9H,8H2,1-2H3,(H,14,16)/t9-/m0/s1. The number of thiophene rings is 1. The van der Waals surface area contributed by atoms with Crippen LogP contribution in [0.4, 0.5) is 0 Å². The van der Waals surface area contributed by atoms with Gasteiger partial charge in [-0.15, -0.1) is 11.3 Å². The van der Waals surface area contributed by atoms with E-state index in [9.17, 15) is 4.79 Å². The molecule has 0 fully saturated rings. The van der Waals surface area contributed by atoms with Crippen molar-refractivity contribution in [3.05, 3.63) is 40.3 Å². The topological polar surface area (TPSA) is 46.9 Å². The van der Waals surface area contributed by atoms with E-state index in [2.05, 4.69) is 10.4 Å². The zero-order valence-corrected chi connectivity index (χ0v) is 10.7. The van der Waals surface area contributed by atoms with Crippen molar-refractivity contribution in [2.45, 2.75) is 26.4 Å². The molecule has 0 aromatic carbocycles. The van der Waals surface area contributed by atoms with Crippen LogP contribution >= 0.6 is 11.3 Å². The molecule has 2 heterocycles. The first-order valence-corrected chi connectivity index (χ1v) is 6.31. The molecule has 1 N–H and O–H groups in total. The van der Waals surface area contributed by atoms with Gasteiger partial charge in [0, 0.05) is 23.3 Å². The molecule has 0 unspecified atom stereocenters. The highest BCUT2D eigenvalue weighted by Crippen LogP contribution is 2.14. The largest absolute Gasteiger partial charge is 0.347 e. The number of rotatable bonds is 4. The van der Waals surface area contributed by atoms with E-state index in [0.29, 0.717) is 6.54 Å². The summed E-state index contributed by atoms with van der Waals surface area (Å²) in [4.78, 5) is 13.8. The Labute approximate surface area is 104 Å². The third kappa shape index (κ3) is 3.17. The highest BCUT2D eigenvalue weighted by molar-refractivity contribution is 7.13. The van der Waals surface area contributed by atoms with Gasteiger partial charge in [0.05, 0.1) is 11.4 Å². The van der Waals surface area contributed by atoms with Crippen LogP contribution in [0.2, 0.25) is 0 Å². The molecule has 0 saturated heterocycles. The zero-order valence-electron chi connectivity index (χ0n) is 9.88. The van der Waals surface area contributed by atoms with Crippen LogP contribution in [0.3, 0.4) is 0 Å². The van der Waals surface area contributed by atoms with Crippen LogP contribution in [0.1, 0.15) is 21.5 Å². The second kappa shape index (κ2) is 5.14. The van der Waals surface area contributed by atoms with Crippen molar-refractivity contribution in [3.63, 3.8) is 0 Å². The van der Waals surface area contributed by atoms with Crippen molar-refractivity contribution in [1.82, 2.24) is 15.1 Å². The van der Waals surface area contributed by atoms with E-state index >= 15 is 0 Å². The second-order valence-corrected chi connectivity index (χ2v) is 5.30. The number of aryl methyl sites for hydroxylation is 1. The molecule has 4 nitrogen and oxygen atoms in total. The predicted octanol–water partition coefficient (Wildman–Crippen LogP) is 2.07. The highest BCUT2D eigenvalue weighted by Gasteiger charge is 2.11. The number of carbonyl (C=O) groups excluding carboxylic acids is 1. The number of hydrogen-bond donors (Lipinski definition) is 1. The maximum atomic E-state index is 11.9. The van der Waals surface area contributed by atoms with Gasteiger partial charge in [-0.1, -0.05) is 0 Å². The number of aromatic nitrogens is 2. The van der Waals surface area contributed by atoms with Gasteiger partial charge in [0.25, 0.3) is 5.91 Å². The molecule has 5 heteroatoms. The maximum Gasteiger partial charge on any atom is 0.261 e. The average molecular weight is 249 g/mol. The Bertz CT molecular complexity index is 490. The van der Waals surface area contributed by atoms with Gasteiger partial charge in [0.1, 0.15) is 0 Å². The SMILES string of the molecule is Cc1ccc(C(=O)N[C@@H](C)Cn2cccn2)s1. The van der Waals surface area contributed by atoms with Gasteiger partial charge >= 0.3 is 0 Å². The summed E-state index contributed by atoms with van der Waals surface area (Å²) in [5.74, 6) is -0.0113. The van der Waals surface area contributed by atoms with Gasteiger partial charge in [-0.25, -0.2) is 0 Å². The van der Waals surface area contributed by atoms with E-state index in [0.717, 1.165) is 9.75 Å². The van der Waals surface area contributed by atoms with Crippen LogP contribution in [0.5, 0.6) is 0 Å². The molecule has 0 radical (unpaired) electrons. The van der Waals surface area contributed by atoms with Gasteiger partial charge in [-0.05, 0) is 32.0 Å².